The predicted octanol–water partition coefficient (Wildman–Crippen LogP) is 2.77. The van der Waals surface area contributed by atoms with E-state index in [9.17, 15) is 14.4 Å². The highest BCUT2D eigenvalue weighted by Gasteiger charge is 2.54. The van der Waals surface area contributed by atoms with Crippen molar-refractivity contribution >= 4 is 17.7 Å². The van der Waals surface area contributed by atoms with Crippen LogP contribution in [0.15, 0.2) is 48.5 Å². The molecular formula is C29H35N3O6. The van der Waals surface area contributed by atoms with Crippen LogP contribution in [0, 0.1) is 6.92 Å². The van der Waals surface area contributed by atoms with Gasteiger partial charge in [0.1, 0.15) is 17.5 Å². The lowest BCUT2D eigenvalue weighted by molar-refractivity contribution is -0.128. The lowest BCUT2D eigenvalue weighted by atomic mass is 9.96. The zero-order valence-electron chi connectivity index (χ0n) is 22.0. The Labute approximate surface area is 223 Å². The lowest BCUT2D eigenvalue weighted by Gasteiger charge is -2.44. The normalized spacial score (nSPS) is 22.5. The van der Waals surface area contributed by atoms with E-state index in [-0.39, 0.29) is 30.4 Å². The largest absolute Gasteiger partial charge is 0.497 e. The van der Waals surface area contributed by atoms with E-state index >= 15 is 0 Å². The Hall–Kier alpha value is -3.43. The maximum Gasteiger partial charge on any atom is 0.256 e. The summed E-state index contributed by atoms with van der Waals surface area (Å²) >= 11 is 0. The number of likely N-dealkylation sites (tertiary alicyclic amines) is 1. The molecule has 0 aliphatic carbocycles. The van der Waals surface area contributed by atoms with Crippen LogP contribution in [0.4, 0.5) is 0 Å². The van der Waals surface area contributed by atoms with E-state index in [4.69, 9.17) is 14.2 Å². The molecule has 0 saturated carbocycles. The van der Waals surface area contributed by atoms with E-state index in [2.05, 4.69) is 5.32 Å². The van der Waals surface area contributed by atoms with Crippen LogP contribution in [0.25, 0.3) is 0 Å². The fourth-order valence-electron chi connectivity index (χ4n) is 5.52. The summed E-state index contributed by atoms with van der Waals surface area (Å²) in [4.78, 5) is 43.7. The molecule has 3 fully saturated rings. The van der Waals surface area contributed by atoms with E-state index < -0.39 is 11.8 Å². The third-order valence-electron chi connectivity index (χ3n) is 7.78. The second kappa shape index (κ2) is 11.1. The molecule has 2 aromatic carbocycles. The molecule has 9 nitrogen and oxygen atoms in total. The van der Waals surface area contributed by atoms with Crippen LogP contribution in [-0.2, 0) is 14.3 Å². The molecule has 1 spiro atoms. The van der Waals surface area contributed by atoms with Crippen molar-refractivity contribution in [1.82, 2.24) is 15.1 Å². The number of piperidine rings is 1. The Bertz CT molecular complexity index is 1150. The highest BCUT2D eigenvalue weighted by molar-refractivity contribution is 5.98. The summed E-state index contributed by atoms with van der Waals surface area (Å²) in [5, 5.41) is 2.98. The van der Waals surface area contributed by atoms with Crippen LogP contribution in [0.1, 0.15) is 52.0 Å². The standard InChI is InChI=1S/C29H35N3O6/c1-20-5-7-22(8-6-20)28(35)32-25(26(33)30-18-24-4-3-17-37-24)19-38-29(32)13-15-31(16-14-29)27(34)21-9-11-23(36-2)12-10-21/h5-12,24-25H,3-4,13-19H2,1-2H3,(H,30,33)/t24-,25+/m1/s1. The monoisotopic (exact) mass is 521 g/mol. The summed E-state index contributed by atoms with van der Waals surface area (Å²) in [5.74, 6) is 0.125. The number of nitrogens with zero attached hydrogens (tertiary/aromatic N) is 2. The average Bonchev–Trinajstić information content (AvgIpc) is 3.60. The zero-order valence-corrected chi connectivity index (χ0v) is 22.0. The zero-order chi connectivity index (χ0) is 26.7. The number of amides is 3. The van der Waals surface area contributed by atoms with E-state index in [0.29, 0.717) is 56.0 Å². The molecule has 0 radical (unpaired) electrons. The number of nitrogens with one attached hydrogen (secondary N) is 1. The van der Waals surface area contributed by atoms with Gasteiger partial charge < -0.3 is 24.4 Å². The van der Waals surface area contributed by atoms with Crippen molar-refractivity contribution in [3.63, 3.8) is 0 Å². The number of carbonyl (C=O) groups is 3. The number of methoxy groups -OCH3 is 1. The van der Waals surface area contributed by atoms with Crippen molar-refractivity contribution in [2.75, 3.05) is 40.0 Å². The van der Waals surface area contributed by atoms with Crippen molar-refractivity contribution in [3.8, 4) is 5.75 Å². The summed E-state index contributed by atoms with van der Waals surface area (Å²) in [5.41, 5.74) is 1.18. The van der Waals surface area contributed by atoms with Gasteiger partial charge >= 0.3 is 0 Å². The first-order valence-corrected chi connectivity index (χ1v) is 13.3. The molecular weight excluding hydrogens is 486 g/mol. The summed E-state index contributed by atoms with van der Waals surface area (Å²) in [6, 6.07) is 13.6. The van der Waals surface area contributed by atoms with Gasteiger partial charge in [0.2, 0.25) is 5.91 Å². The Morgan fingerprint density at radius 3 is 2.29 bits per heavy atom. The number of rotatable bonds is 6. The van der Waals surface area contributed by atoms with Gasteiger partial charge in [-0.25, -0.2) is 0 Å². The van der Waals surface area contributed by atoms with Gasteiger partial charge in [-0.2, -0.15) is 0 Å². The molecule has 3 saturated heterocycles. The number of benzene rings is 2. The van der Waals surface area contributed by atoms with Gasteiger partial charge in [0, 0.05) is 50.2 Å². The van der Waals surface area contributed by atoms with E-state index in [1.807, 2.05) is 19.1 Å². The van der Waals surface area contributed by atoms with Crippen LogP contribution in [0.2, 0.25) is 0 Å². The second-order valence-corrected chi connectivity index (χ2v) is 10.2. The van der Waals surface area contributed by atoms with Crippen LogP contribution in [0.3, 0.4) is 0 Å². The molecule has 202 valence electrons. The summed E-state index contributed by atoms with van der Waals surface area (Å²) in [6.45, 7) is 4.02. The van der Waals surface area contributed by atoms with Crippen molar-refractivity contribution in [3.05, 3.63) is 65.2 Å². The van der Waals surface area contributed by atoms with Crippen LogP contribution in [0.5, 0.6) is 5.75 Å². The Morgan fingerprint density at radius 2 is 1.66 bits per heavy atom. The number of hydrogen-bond donors (Lipinski definition) is 1. The molecule has 0 aromatic heterocycles. The highest BCUT2D eigenvalue weighted by Crippen LogP contribution is 2.39. The molecule has 0 unspecified atom stereocenters. The smallest absolute Gasteiger partial charge is 0.256 e. The van der Waals surface area contributed by atoms with E-state index in [1.165, 1.54) is 0 Å². The van der Waals surface area contributed by atoms with Gasteiger partial charge in [0.15, 0.2) is 0 Å². The summed E-state index contributed by atoms with van der Waals surface area (Å²) < 4.78 is 17.1. The molecule has 2 aromatic rings. The second-order valence-electron chi connectivity index (χ2n) is 10.2. The van der Waals surface area contributed by atoms with Crippen molar-refractivity contribution < 1.29 is 28.6 Å². The van der Waals surface area contributed by atoms with Crippen molar-refractivity contribution in [1.29, 1.82) is 0 Å². The Kier molecular flexibility index (Phi) is 7.67. The fourth-order valence-corrected chi connectivity index (χ4v) is 5.52. The molecule has 9 heteroatoms. The van der Waals surface area contributed by atoms with Crippen molar-refractivity contribution in [2.45, 2.75) is 50.5 Å². The maximum absolute atomic E-state index is 13.9. The first-order chi connectivity index (χ1) is 18.4. The molecule has 3 aliphatic heterocycles. The van der Waals surface area contributed by atoms with E-state index in [0.717, 1.165) is 18.4 Å². The predicted molar refractivity (Wildman–Crippen MR) is 140 cm³/mol. The number of carbonyl (C=O) groups excluding carboxylic acids is 3. The van der Waals surface area contributed by atoms with Gasteiger partial charge in [0.25, 0.3) is 11.8 Å². The molecule has 3 heterocycles. The molecule has 2 atom stereocenters. The Balaban J connectivity index is 1.33. The SMILES string of the molecule is COc1ccc(C(=O)N2CCC3(CC2)OC[C@@H](C(=O)NC[C@H]2CCCO2)N3C(=O)c2ccc(C)cc2)cc1. The molecule has 5 rings (SSSR count). The number of aryl methyl sites for hydroxylation is 1. The van der Waals surface area contributed by atoms with Crippen molar-refractivity contribution in [2.24, 2.45) is 0 Å². The highest BCUT2D eigenvalue weighted by atomic mass is 16.5. The Morgan fingerprint density at radius 1 is 1.00 bits per heavy atom. The van der Waals surface area contributed by atoms with Gasteiger partial charge in [-0.1, -0.05) is 17.7 Å². The third kappa shape index (κ3) is 5.26. The topological polar surface area (TPSA) is 97.4 Å². The fraction of sp³-hybridized carbons (Fsp3) is 0.483. The minimum atomic E-state index is -0.954. The molecule has 0 bridgehead atoms. The maximum atomic E-state index is 13.9. The first-order valence-electron chi connectivity index (χ1n) is 13.3. The molecule has 3 amide bonds. The van der Waals surface area contributed by atoms with E-state index in [1.54, 1.807) is 53.3 Å². The van der Waals surface area contributed by atoms with Crippen LogP contribution < -0.4 is 10.1 Å². The van der Waals surface area contributed by atoms with Gasteiger partial charge in [-0.15, -0.1) is 0 Å². The third-order valence-corrected chi connectivity index (χ3v) is 7.78. The summed E-state index contributed by atoms with van der Waals surface area (Å²) in [6.07, 6.45) is 2.74. The van der Waals surface area contributed by atoms with Crippen LogP contribution >= 0.6 is 0 Å². The first kappa shape index (κ1) is 26.2. The number of ether oxygens (including phenoxy) is 3. The lowest BCUT2D eigenvalue weighted by Crippen LogP contribution is -2.60. The minimum absolute atomic E-state index is 0.00341. The van der Waals surface area contributed by atoms with Crippen LogP contribution in [-0.4, -0.2) is 85.3 Å². The quantitative estimate of drug-likeness (QED) is 0.628. The molecule has 38 heavy (non-hydrogen) atoms. The summed E-state index contributed by atoms with van der Waals surface area (Å²) in [7, 11) is 1.59. The molecule has 3 aliphatic rings. The van der Waals surface area contributed by atoms with Gasteiger partial charge in [-0.05, 0) is 56.2 Å². The van der Waals surface area contributed by atoms with Gasteiger partial charge in [-0.3, -0.25) is 19.3 Å². The minimum Gasteiger partial charge on any atom is -0.497 e. The number of hydrogen-bond acceptors (Lipinski definition) is 6. The van der Waals surface area contributed by atoms with Gasteiger partial charge in [0.05, 0.1) is 19.8 Å². The average molecular weight is 522 g/mol. The molecule has 1 N–H and O–H groups in total.